The molecule has 2 rings (SSSR count). The second kappa shape index (κ2) is 7.06. The van der Waals surface area contributed by atoms with E-state index in [4.69, 9.17) is 17.3 Å². The van der Waals surface area contributed by atoms with E-state index >= 15 is 0 Å². The van der Waals surface area contributed by atoms with Gasteiger partial charge in [-0.05, 0) is 24.3 Å². The van der Waals surface area contributed by atoms with Crippen molar-refractivity contribution >= 4 is 34.8 Å². The van der Waals surface area contributed by atoms with Crippen molar-refractivity contribution in [2.75, 3.05) is 17.2 Å². The fraction of sp³-hybridized carbons (Fsp3) is 0.0667. The third-order valence-corrected chi connectivity index (χ3v) is 3.22. The first kappa shape index (κ1) is 16.7. The summed E-state index contributed by atoms with van der Waals surface area (Å²) in [4.78, 5) is 23.2. The zero-order valence-electron chi connectivity index (χ0n) is 11.7. The summed E-state index contributed by atoms with van der Waals surface area (Å²) in [5.74, 6) is -2.83. The van der Waals surface area contributed by atoms with Crippen molar-refractivity contribution in [2.24, 2.45) is 5.73 Å². The second-order valence-corrected chi connectivity index (χ2v) is 4.96. The van der Waals surface area contributed by atoms with Crippen LogP contribution in [-0.4, -0.2) is 18.4 Å². The Balaban J connectivity index is 2.07. The number of carbonyl (C=O) groups excluding carboxylic acids is 2. The highest BCUT2D eigenvalue weighted by Crippen LogP contribution is 2.23. The Kier molecular flexibility index (Phi) is 5.13. The number of amides is 2. The number of hydrogen-bond acceptors (Lipinski definition) is 3. The van der Waals surface area contributed by atoms with Crippen molar-refractivity contribution < 1.29 is 18.4 Å². The molecule has 0 aliphatic carbocycles. The standard InChI is InChI=1S/C15H12ClF2N3O2/c16-9-2-1-3-11(14(9)15(19)23)20-7-13(22)21-12-6-8(17)4-5-10(12)18/h1-6,20H,7H2,(H2,19,23)(H,21,22). The van der Waals surface area contributed by atoms with Gasteiger partial charge < -0.3 is 16.4 Å². The Morgan fingerprint density at radius 1 is 1.13 bits per heavy atom. The molecule has 2 aromatic rings. The molecule has 0 bridgehead atoms. The first-order chi connectivity index (χ1) is 10.9. The van der Waals surface area contributed by atoms with Gasteiger partial charge in [0.1, 0.15) is 11.6 Å². The largest absolute Gasteiger partial charge is 0.375 e. The van der Waals surface area contributed by atoms with Crippen molar-refractivity contribution in [3.63, 3.8) is 0 Å². The molecule has 2 amide bonds. The number of nitrogens with two attached hydrogens (primary N) is 1. The topological polar surface area (TPSA) is 84.2 Å². The molecule has 0 radical (unpaired) electrons. The van der Waals surface area contributed by atoms with Crippen LogP contribution in [0.5, 0.6) is 0 Å². The third-order valence-electron chi connectivity index (χ3n) is 2.90. The normalized spacial score (nSPS) is 10.2. The number of hydrogen-bond donors (Lipinski definition) is 3. The SMILES string of the molecule is NC(=O)c1c(Cl)cccc1NCC(=O)Nc1cc(F)ccc1F. The predicted octanol–water partition coefficient (Wildman–Crippen LogP) is 2.77. The van der Waals surface area contributed by atoms with Crippen LogP contribution in [0.2, 0.25) is 5.02 Å². The molecule has 2 aromatic carbocycles. The molecule has 120 valence electrons. The maximum atomic E-state index is 13.4. The Morgan fingerprint density at radius 2 is 1.87 bits per heavy atom. The zero-order chi connectivity index (χ0) is 17.0. The van der Waals surface area contributed by atoms with Crippen LogP contribution in [0.4, 0.5) is 20.2 Å². The quantitative estimate of drug-likeness (QED) is 0.783. The molecule has 0 heterocycles. The van der Waals surface area contributed by atoms with E-state index in [1.54, 1.807) is 6.07 Å². The summed E-state index contributed by atoms with van der Waals surface area (Å²) in [7, 11) is 0. The van der Waals surface area contributed by atoms with E-state index in [-0.39, 0.29) is 28.5 Å². The van der Waals surface area contributed by atoms with Crippen molar-refractivity contribution in [3.05, 3.63) is 58.6 Å². The van der Waals surface area contributed by atoms with Crippen LogP contribution in [0.25, 0.3) is 0 Å². The van der Waals surface area contributed by atoms with E-state index in [9.17, 15) is 18.4 Å². The van der Waals surface area contributed by atoms with E-state index in [1.165, 1.54) is 12.1 Å². The molecule has 0 saturated carbocycles. The smallest absolute Gasteiger partial charge is 0.252 e. The van der Waals surface area contributed by atoms with Gasteiger partial charge in [0.15, 0.2) is 0 Å². The van der Waals surface area contributed by atoms with Crippen molar-refractivity contribution in [3.8, 4) is 0 Å². The van der Waals surface area contributed by atoms with Crippen LogP contribution in [-0.2, 0) is 4.79 Å². The lowest BCUT2D eigenvalue weighted by molar-refractivity contribution is -0.114. The highest BCUT2D eigenvalue weighted by Gasteiger charge is 2.14. The average molecular weight is 340 g/mol. The Hall–Kier alpha value is -2.67. The molecule has 8 heteroatoms. The number of primary amides is 1. The van der Waals surface area contributed by atoms with Crippen molar-refractivity contribution in [1.82, 2.24) is 0 Å². The number of carbonyl (C=O) groups is 2. The van der Waals surface area contributed by atoms with E-state index in [0.29, 0.717) is 0 Å². The van der Waals surface area contributed by atoms with E-state index < -0.39 is 23.4 Å². The fourth-order valence-electron chi connectivity index (χ4n) is 1.89. The average Bonchev–Trinajstić information content (AvgIpc) is 2.48. The Bertz CT molecular complexity index is 768. The van der Waals surface area contributed by atoms with Crippen LogP contribution < -0.4 is 16.4 Å². The fourth-order valence-corrected chi connectivity index (χ4v) is 2.15. The van der Waals surface area contributed by atoms with Crippen molar-refractivity contribution in [1.29, 1.82) is 0 Å². The minimum Gasteiger partial charge on any atom is -0.375 e. The van der Waals surface area contributed by atoms with Crippen LogP contribution in [0.1, 0.15) is 10.4 Å². The molecule has 0 aliphatic rings. The summed E-state index contributed by atoms with van der Waals surface area (Å²) in [5.41, 5.74) is 5.25. The first-order valence-electron chi connectivity index (χ1n) is 6.45. The molecule has 23 heavy (non-hydrogen) atoms. The second-order valence-electron chi connectivity index (χ2n) is 4.55. The highest BCUT2D eigenvalue weighted by atomic mass is 35.5. The maximum absolute atomic E-state index is 13.4. The van der Waals surface area contributed by atoms with Gasteiger partial charge in [0, 0.05) is 11.8 Å². The summed E-state index contributed by atoms with van der Waals surface area (Å²) in [6.45, 7) is -0.295. The monoisotopic (exact) mass is 339 g/mol. The molecule has 0 atom stereocenters. The molecule has 0 spiro atoms. The number of anilines is 2. The molecular weight excluding hydrogens is 328 g/mol. The van der Waals surface area contributed by atoms with Gasteiger partial charge in [-0.2, -0.15) is 0 Å². The number of halogens is 3. The molecule has 4 N–H and O–H groups in total. The summed E-state index contributed by atoms with van der Waals surface area (Å²) in [6, 6.07) is 7.27. The van der Waals surface area contributed by atoms with Gasteiger partial charge in [-0.1, -0.05) is 17.7 Å². The predicted molar refractivity (Wildman–Crippen MR) is 83.4 cm³/mol. The van der Waals surface area contributed by atoms with Gasteiger partial charge in [0.05, 0.1) is 22.8 Å². The van der Waals surface area contributed by atoms with Crippen LogP contribution in [0, 0.1) is 11.6 Å². The molecule has 5 nitrogen and oxygen atoms in total. The zero-order valence-corrected chi connectivity index (χ0v) is 12.5. The van der Waals surface area contributed by atoms with Crippen molar-refractivity contribution in [2.45, 2.75) is 0 Å². The Labute approximate surface area is 135 Å². The van der Waals surface area contributed by atoms with E-state index in [1.807, 2.05) is 0 Å². The van der Waals surface area contributed by atoms with Gasteiger partial charge in [-0.25, -0.2) is 8.78 Å². The lowest BCUT2D eigenvalue weighted by Crippen LogP contribution is -2.24. The summed E-state index contributed by atoms with van der Waals surface area (Å²) in [6.07, 6.45) is 0. The minimum absolute atomic E-state index is 0.0407. The number of benzene rings is 2. The van der Waals surface area contributed by atoms with E-state index in [2.05, 4.69) is 10.6 Å². The summed E-state index contributed by atoms with van der Waals surface area (Å²) in [5, 5.41) is 5.03. The van der Waals surface area contributed by atoms with Crippen LogP contribution in [0.3, 0.4) is 0 Å². The number of nitrogens with one attached hydrogen (secondary N) is 2. The maximum Gasteiger partial charge on any atom is 0.252 e. The van der Waals surface area contributed by atoms with Gasteiger partial charge in [-0.3, -0.25) is 9.59 Å². The van der Waals surface area contributed by atoms with Gasteiger partial charge in [-0.15, -0.1) is 0 Å². The van der Waals surface area contributed by atoms with E-state index in [0.717, 1.165) is 18.2 Å². The molecule has 0 aromatic heterocycles. The highest BCUT2D eigenvalue weighted by molar-refractivity contribution is 6.34. The molecule has 0 saturated heterocycles. The lowest BCUT2D eigenvalue weighted by atomic mass is 10.1. The molecule has 0 unspecified atom stereocenters. The lowest BCUT2D eigenvalue weighted by Gasteiger charge is -2.12. The summed E-state index contributed by atoms with van der Waals surface area (Å²) >= 11 is 5.88. The minimum atomic E-state index is -0.764. The molecular formula is C15H12ClF2N3O2. The molecule has 0 aliphatic heterocycles. The van der Waals surface area contributed by atoms with Crippen LogP contribution >= 0.6 is 11.6 Å². The van der Waals surface area contributed by atoms with Gasteiger partial charge >= 0.3 is 0 Å². The van der Waals surface area contributed by atoms with Crippen LogP contribution in [0.15, 0.2) is 36.4 Å². The van der Waals surface area contributed by atoms with Gasteiger partial charge in [0.2, 0.25) is 5.91 Å². The number of rotatable bonds is 5. The third kappa shape index (κ3) is 4.17. The van der Waals surface area contributed by atoms with Gasteiger partial charge in [0.25, 0.3) is 5.91 Å². The molecule has 0 fully saturated rings. The Morgan fingerprint density at radius 3 is 2.57 bits per heavy atom. The summed E-state index contributed by atoms with van der Waals surface area (Å²) < 4.78 is 26.5. The first-order valence-corrected chi connectivity index (χ1v) is 6.83.